The molecule has 0 aliphatic carbocycles. The number of hydrogen-bond donors (Lipinski definition) is 1. The molecule has 0 spiro atoms. The summed E-state index contributed by atoms with van der Waals surface area (Å²) in [6.45, 7) is 6.30. The number of hydrogen-bond acceptors (Lipinski definition) is 2. The van der Waals surface area contributed by atoms with E-state index in [1.54, 1.807) is 6.07 Å². The first-order valence-corrected chi connectivity index (χ1v) is 5.15. The molecule has 0 saturated carbocycles. The van der Waals surface area contributed by atoms with Crippen molar-refractivity contribution in [1.29, 1.82) is 0 Å². The molecule has 0 fully saturated rings. The Morgan fingerprint density at radius 2 is 2.00 bits per heavy atom. The van der Waals surface area contributed by atoms with Gasteiger partial charge in [0.15, 0.2) is 0 Å². The Morgan fingerprint density at radius 3 is 2.53 bits per heavy atom. The molecule has 2 nitrogen and oxygen atoms in total. The molecule has 0 aromatic heterocycles. The summed E-state index contributed by atoms with van der Waals surface area (Å²) < 4.78 is 18.8. The molecule has 1 rings (SSSR count). The Hall–Kier alpha value is -1.09. The maximum absolute atomic E-state index is 13.2. The predicted molar refractivity (Wildman–Crippen MR) is 59.3 cm³/mol. The third kappa shape index (κ3) is 3.51. The van der Waals surface area contributed by atoms with E-state index in [0.29, 0.717) is 12.3 Å². The normalized spacial score (nSPS) is 11.5. The molecule has 15 heavy (non-hydrogen) atoms. The lowest BCUT2D eigenvalue weighted by Gasteiger charge is -2.25. The van der Waals surface area contributed by atoms with Crippen molar-refractivity contribution in [3.8, 4) is 5.75 Å². The molecule has 0 saturated heterocycles. The molecule has 0 aliphatic heterocycles. The zero-order chi connectivity index (χ0) is 11.5. The second kappa shape index (κ2) is 4.62. The number of halogens is 1. The topological polar surface area (TPSA) is 35.2 Å². The zero-order valence-corrected chi connectivity index (χ0v) is 9.51. The fourth-order valence-electron chi connectivity index (χ4n) is 1.19. The van der Waals surface area contributed by atoms with Crippen molar-refractivity contribution in [2.75, 3.05) is 0 Å². The largest absolute Gasteiger partial charge is 0.488 e. The van der Waals surface area contributed by atoms with Crippen LogP contribution in [-0.4, -0.2) is 5.60 Å². The van der Waals surface area contributed by atoms with Crippen LogP contribution in [-0.2, 0) is 6.54 Å². The molecular weight excluding hydrogens is 193 g/mol. The molecule has 1 aromatic rings. The van der Waals surface area contributed by atoms with E-state index in [1.165, 1.54) is 12.1 Å². The highest BCUT2D eigenvalue weighted by molar-refractivity contribution is 5.30. The van der Waals surface area contributed by atoms with Crippen LogP contribution in [0, 0.1) is 5.82 Å². The Morgan fingerprint density at radius 1 is 1.33 bits per heavy atom. The van der Waals surface area contributed by atoms with Gasteiger partial charge in [0.2, 0.25) is 0 Å². The average Bonchev–Trinajstić information content (AvgIpc) is 2.16. The standard InChI is InChI=1S/C12H18FNO/c1-4-12(2,3)15-11-6-9(8-14)5-10(13)7-11/h5-7H,4,8,14H2,1-3H3. The average molecular weight is 211 g/mol. The van der Waals surface area contributed by atoms with Gasteiger partial charge in [0, 0.05) is 12.6 Å². The second-order valence-electron chi connectivity index (χ2n) is 4.21. The summed E-state index contributed by atoms with van der Waals surface area (Å²) in [4.78, 5) is 0. The Labute approximate surface area is 90.2 Å². The van der Waals surface area contributed by atoms with E-state index in [4.69, 9.17) is 10.5 Å². The molecule has 0 amide bonds. The minimum absolute atomic E-state index is 0.278. The molecule has 0 aliphatic rings. The lowest BCUT2D eigenvalue weighted by Crippen LogP contribution is -2.26. The van der Waals surface area contributed by atoms with Crippen LogP contribution >= 0.6 is 0 Å². The summed E-state index contributed by atoms with van der Waals surface area (Å²) >= 11 is 0. The van der Waals surface area contributed by atoms with Gasteiger partial charge < -0.3 is 10.5 Å². The van der Waals surface area contributed by atoms with Crippen molar-refractivity contribution in [2.45, 2.75) is 39.3 Å². The monoisotopic (exact) mass is 211 g/mol. The summed E-state index contributed by atoms with van der Waals surface area (Å²) in [6.07, 6.45) is 0.863. The van der Waals surface area contributed by atoms with Crippen molar-refractivity contribution in [3.63, 3.8) is 0 Å². The third-order valence-electron chi connectivity index (χ3n) is 2.41. The maximum atomic E-state index is 13.2. The molecule has 1 aromatic carbocycles. The van der Waals surface area contributed by atoms with Crippen molar-refractivity contribution in [2.24, 2.45) is 5.73 Å². The van der Waals surface area contributed by atoms with Crippen molar-refractivity contribution >= 4 is 0 Å². The first kappa shape index (κ1) is 12.0. The molecule has 0 atom stereocenters. The van der Waals surface area contributed by atoms with E-state index < -0.39 is 0 Å². The number of ether oxygens (including phenoxy) is 1. The second-order valence-corrected chi connectivity index (χ2v) is 4.21. The predicted octanol–water partition coefficient (Wildman–Crippen LogP) is 2.85. The Kier molecular flexibility index (Phi) is 3.69. The molecule has 2 N–H and O–H groups in total. The van der Waals surface area contributed by atoms with Crippen molar-refractivity contribution in [1.82, 2.24) is 0 Å². The zero-order valence-electron chi connectivity index (χ0n) is 9.51. The van der Waals surface area contributed by atoms with Gasteiger partial charge in [-0.1, -0.05) is 6.92 Å². The molecule has 0 bridgehead atoms. The number of rotatable bonds is 4. The summed E-state index contributed by atoms with van der Waals surface area (Å²) in [5.74, 6) is 0.238. The first-order chi connectivity index (χ1) is 6.96. The molecule has 0 heterocycles. The highest BCUT2D eigenvalue weighted by Gasteiger charge is 2.17. The highest BCUT2D eigenvalue weighted by atomic mass is 19.1. The lowest BCUT2D eigenvalue weighted by atomic mass is 10.1. The van der Waals surface area contributed by atoms with E-state index in [1.807, 2.05) is 20.8 Å². The third-order valence-corrected chi connectivity index (χ3v) is 2.41. The van der Waals surface area contributed by atoms with E-state index in [2.05, 4.69) is 0 Å². The van der Waals surface area contributed by atoms with Gasteiger partial charge >= 0.3 is 0 Å². The number of benzene rings is 1. The van der Waals surface area contributed by atoms with Crippen LogP contribution in [0.2, 0.25) is 0 Å². The quantitative estimate of drug-likeness (QED) is 0.831. The SMILES string of the molecule is CCC(C)(C)Oc1cc(F)cc(CN)c1. The van der Waals surface area contributed by atoms with E-state index in [0.717, 1.165) is 12.0 Å². The minimum Gasteiger partial charge on any atom is -0.488 e. The summed E-state index contributed by atoms with van der Waals surface area (Å²) in [7, 11) is 0. The maximum Gasteiger partial charge on any atom is 0.127 e. The fourth-order valence-corrected chi connectivity index (χ4v) is 1.19. The van der Waals surface area contributed by atoms with Crippen LogP contribution < -0.4 is 10.5 Å². The highest BCUT2D eigenvalue weighted by Crippen LogP contribution is 2.23. The van der Waals surface area contributed by atoms with Gasteiger partial charge in [-0.3, -0.25) is 0 Å². The van der Waals surface area contributed by atoms with Gasteiger partial charge in [0.05, 0.1) is 0 Å². The van der Waals surface area contributed by atoms with Gasteiger partial charge in [-0.2, -0.15) is 0 Å². The van der Waals surface area contributed by atoms with Crippen LogP contribution in [0.5, 0.6) is 5.75 Å². The summed E-state index contributed by atoms with van der Waals surface area (Å²) in [6, 6.07) is 4.59. The number of nitrogens with two attached hydrogens (primary N) is 1. The van der Waals surface area contributed by atoms with E-state index in [9.17, 15) is 4.39 Å². The van der Waals surface area contributed by atoms with Gasteiger partial charge in [-0.15, -0.1) is 0 Å². The van der Waals surface area contributed by atoms with Crippen LogP contribution in [0.15, 0.2) is 18.2 Å². The smallest absolute Gasteiger partial charge is 0.127 e. The van der Waals surface area contributed by atoms with Crippen molar-refractivity contribution in [3.05, 3.63) is 29.6 Å². The van der Waals surface area contributed by atoms with Gasteiger partial charge in [-0.05, 0) is 38.0 Å². The van der Waals surface area contributed by atoms with Gasteiger partial charge in [0.1, 0.15) is 17.2 Å². The Bertz CT molecular complexity index is 336. The lowest BCUT2D eigenvalue weighted by molar-refractivity contribution is 0.105. The van der Waals surface area contributed by atoms with E-state index >= 15 is 0 Å². The first-order valence-electron chi connectivity index (χ1n) is 5.15. The fraction of sp³-hybridized carbons (Fsp3) is 0.500. The van der Waals surface area contributed by atoms with Crippen LogP contribution in [0.25, 0.3) is 0 Å². The molecular formula is C12H18FNO. The van der Waals surface area contributed by atoms with Crippen LogP contribution in [0.3, 0.4) is 0 Å². The molecule has 3 heteroatoms. The van der Waals surface area contributed by atoms with Crippen molar-refractivity contribution < 1.29 is 9.13 Å². The molecule has 0 unspecified atom stereocenters. The minimum atomic E-state index is -0.306. The van der Waals surface area contributed by atoms with Crippen LogP contribution in [0.4, 0.5) is 4.39 Å². The van der Waals surface area contributed by atoms with Gasteiger partial charge in [0.25, 0.3) is 0 Å². The van der Waals surface area contributed by atoms with Crippen LogP contribution in [0.1, 0.15) is 32.8 Å². The Balaban J connectivity index is 2.90. The van der Waals surface area contributed by atoms with E-state index in [-0.39, 0.29) is 11.4 Å². The van der Waals surface area contributed by atoms with Gasteiger partial charge in [-0.25, -0.2) is 4.39 Å². The molecule has 84 valence electrons. The summed E-state index contributed by atoms with van der Waals surface area (Å²) in [5.41, 5.74) is 5.93. The molecule has 0 radical (unpaired) electrons. The summed E-state index contributed by atoms with van der Waals surface area (Å²) in [5, 5.41) is 0.